The normalized spacial score (nSPS) is 7.22. The highest BCUT2D eigenvalue weighted by Gasteiger charge is 1.83. The number of imidazole rings is 1. The molecule has 0 saturated heterocycles. The van der Waals surface area contributed by atoms with Gasteiger partial charge < -0.3 is 10.1 Å². The second-order valence-electron chi connectivity index (χ2n) is 1.23. The van der Waals surface area contributed by atoms with Crippen LogP contribution in [0.3, 0.4) is 0 Å². The van der Waals surface area contributed by atoms with Gasteiger partial charge in [0.1, 0.15) is 0 Å². The van der Waals surface area contributed by atoms with E-state index in [0.29, 0.717) is 0 Å². The molecule has 9 heavy (non-hydrogen) atoms. The van der Waals surface area contributed by atoms with Crippen LogP contribution in [0, 0.1) is 0 Å². The lowest BCUT2D eigenvalue weighted by molar-refractivity contribution is 0.277. The lowest BCUT2D eigenvalue weighted by Crippen LogP contribution is -1.77. The van der Waals surface area contributed by atoms with Crippen LogP contribution in [-0.2, 0) is 6.61 Å². The number of aliphatic hydroxyl groups is 1. The molecule has 0 saturated carbocycles. The maximum absolute atomic E-state index is 8.36. The van der Waals surface area contributed by atoms with Gasteiger partial charge in [0.25, 0.3) is 0 Å². The predicted octanol–water partition coefficient (Wildman–Crippen LogP) is 0.746. The molecule has 0 aliphatic rings. The van der Waals surface area contributed by atoms with E-state index in [9.17, 15) is 0 Å². The molecule has 0 fully saturated rings. The third-order valence-electron chi connectivity index (χ3n) is 0.725. The summed E-state index contributed by atoms with van der Waals surface area (Å²) in [7, 11) is 0. The van der Waals surface area contributed by atoms with Gasteiger partial charge in [0.2, 0.25) is 0 Å². The standard InChI is InChI=1S/C4H6N2O.2ClH/c7-2-4-1-5-3-6-4;;/h1,3,7H,2H2,(H,5,6);2*1H. The zero-order chi connectivity index (χ0) is 5.11. The molecule has 1 rings (SSSR count). The summed E-state index contributed by atoms with van der Waals surface area (Å²) in [5, 5.41) is 8.36. The molecule has 0 atom stereocenters. The van der Waals surface area contributed by atoms with Crippen molar-refractivity contribution in [2.45, 2.75) is 6.61 Å². The third kappa shape index (κ3) is 3.35. The maximum Gasteiger partial charge on any atom is 0.0922 e. The fraction of sp³-hybridized carbons (Fsp3) is 0.250. The summed E-state index contributed by atoms with van der Waals surface area (Å²) in [6, 6.07) is 0. The van der Waals surface area contributed by atoms with Crippen molar-refractivity contribution in [2.24, 2.45) is 0 Å². The van der Waals surface area contributed by atoms with Gasteiger partial charge >= 0.3 is 0 Å². The molecule has 1 aromatic rings. The minimum Gasteiger partial charge on any atom is -0.390 e. The Balaban J connectivity index is 0. The zero-order valence-electron chi connectivity index (χ0n) is 4.57. The summed E-state index contributed by atoms with van der Waals surface area (Å²) in [6.45, 7) is 0.0417. The van der Waals surface area contributed by atoms with E-state index in [-0.39, 0.29) is 31.4 Å². The number of aromatic amines is 1. The molecule has 0 aliphatic heterocycles. The molecule has 0 bridgehead atoms. The molecule has 0 unspecified atom stereocenters. The molecule has 5 heteroatoms. The van der Waals surface area contributed by atoms with Crippen molar-refractivity contribution in [3.8, 4) is 0 Å². The molecule has 0 spiro atoms. The smallest absolute Gasteiger partial charge is 0.0922 e. The van der Waals surface area contributed by atoms with Crippen LogP contribution in [0.4, 0.5) is 0 Å². The SMILES string of the molecule is Cl.Cl.OCc1cnc[nH]1. The first-order valence-corrected chi connectivity index (χ1v) is 2.01. The van der Waals surface area contributed by atoms with Gasteiger partial charge in [-0.3, -0.25) is 0 Å². The van der Waals surface area contributed by atoms with Gasteiger partial charge in [-0.05, 0) is 0 Å². The summed E-state index contributed by atoms with van der Waals surface area (Å²) >= 11 is 0. The van der Waals surface area contributed by atoms with Crippen molar-refractivity contribution >= 4 is 24.8 Å². The van der Waals surface area contributed by atoms with Gasteiger partial charge in [0, 0.05) is 0 Å². The molecule has 1 heterocycles. The quantitative estimate of drug-likeness (QED) is 0.654. The first kappa shape index (κ1) is 11.5. The van der Waals surface area contributed by atoms with Gasteiger partial charge in [-0.15, -0.1) is 24.8 Å². The Morgan fingerprint density at radius 2 is 2.22 bits per heavy atom. The maximum atomic E-state index is 8.36. The van der Waals surface area contributed by atoms with Crippen molar-refractivity contribution in [3.63, 3.8) is 0 Å². The zero-order valence-corrected chi connectivity index (χ0v) is 6.21. The summed E-state index contributed by atoms with van der Waals surface area (Å²) < 4.78 is 0. The Hall–Kier alpha value is -0.250. The van der Waals surface area contributed by atoms with Crippen LogP contribution in [0.15, 0.2) is 12.5 Å². The van der Waals surface area contributed by atoms with Crippen LogP contribution in [-0.4, -0.2) is 15.1 Å². The fourth-order valence-electron chi connectivity index (χ4n) is 0.371. The number of halogens is 2. The van der Waals surface area contributed by atoms with Gasteiger partial charge in [0.15, 0.2) is 0 Å². The highest BCUT2D eigenvalue weighted by atomic mass is 35.5. The highest BCUT2D eigenvalue weighted by molar-refractivity contribution is 5.85. The van der Waals surface area contributed by atoms with Gasteiger partial charge in [-0.25, -0.2) is 4.98 Å². The number of nitrogens with zero attached hydrogens (tertiary/aromatic N) is 1. The first-order valence-electron chi connectivity index (χ1n) is 2.01. The first-order chi connectivity index (χ1) is 3.43. The molecule has 3 nitrogen and oxygen atoms in total. The average molecular weight is 171 g/mol. The second-order valence-corrected chi connectivity index (χ2v) is 1.23. The summed E-state index contributed by atoms with van der Waals surface area (Å²) in [5.74, 6) is 0. The average Bonchev–Trinajstić information content (AvgIpc) is 2.14. The lowest BCUT2D eigenvalue weighted by Gasteiger charge is -1.79. The molecule has 2 N–H and O–H groups in total. The monoisotopic (exact) mass is 170 g/mol. The van der Waals surface area contributed by atoms with Crippen molar-refractivity contribution in [1.29, 1.82) is 0 Å². The topological polar surface area (TPSA) is 48.9 Å². The van der Waals surface area contributed by atoms with E-state index in [1.54, 1.807) is 6.20 Å². The van der Waals surface area contributed by atoms with E-state index in [0.717, 1.165) is 5.69 Å². The third-order valence-corrected chi connectivity index (χ3v) is 0.725. The van der Waals surface area contributed by atoms with Crippen molar-refractivity contribution in [3.05, 3.63) is 18.2 Å². The van der Waals surface area contributed by atoms with E-state index in [4.69, 9.17) is 5.11 Å². The minimum absolute atomic E-state index is 0. The minimum atomic E-state index is 0. The van der Waals surface area contributed by atoms with Crippen molar-refractivity contribution in [1.82, 2.24) is 9.97 Å². The number of H-pyrrole nitrogens is 1. The van der Waals surface area contributed by atoms with Gasteiger partial charge in [-0.1, -0.05) is 0 Å². The van der Waals surface area contributed by atoms with Crippen LogP contribution in [0.1, 0.15) is 5.69 Å². The number of hydrogen-bond acceptors (Lipinski definition) is 2. The molecular weight excluding hydrogens is 163 g/mol. The van der Waals surface area contributed by atoms with Crippen LogP contribution >= 0.6 is 24.8 Å². The number of aromatic nitrogens is 2. The molecule has 0 radical (unpaired) electrons. The number of rotatable bonds is 1. The Kier molecular flexibility index (Phi) is 7.53. The van der Waals surface area contributed by atoms with Crippen LogP contribution in [0.5, 0.6) is 0 Å². The molecule has 0 aliphatic carbocycles. The van der Waals surface area contributed by atoms with E-state index in [1.165, 1.54) is 6.33 Å². The largest absolute Gasteiger partial charge is 0.390 e. The second kappa shape index (κ2) is 5.88. The fourth-order valence-corrected chi connectivity index (χ4v) is 0.371. The van der Waals surface area contributed by atoms with Crippen LogP contribution in [0.25, 0.3) is 0 Å². The van der Waals surface area contributed by atoms with E-state index in [1.807, 2.05) is 0 Å². The molecule has 1 aromatic heterocycles. The summed E-state index contributed by atoms with van der Waals surface area (Å²) in [4.78, 5) is 6.40. The van der Waals surface area contributed by atoms with Gasteiger partial charge in [0.05, 0.1) is 24.8 Å². The predicted molar refractivity (Wildman–Crippen MR) is 39.0 cm³/mol. The van der Waals surface area contributed by atoms with E-state index < -0.39 is 0 Å². The van der Waals surface area contributed by atoms with E-state index >= 15 is 0 Å². The van der Waals surface area contributed by atoms with E-state index in [2.05, 4.69) is 9.97 Å². The number of nitrogens with one attached hydrogen (secondary N) is 1. The molecular formula is C4H8Cl2N2O. The summed E-state index contributed by atoms with van der Waals surface area (Å²) in [6.07, 6.45) is 3.12. The highest BCUT2D eigenvalue weighted by Crippen LogP contribution is 1.86. The number of aliphatic hydroxyl groups excluding tert-OH is 1. The summed E-state index contributed by atoms with van der Waals surface area (Å²) in [5.41, 5.74) is 0.750. The van der Waals surface area contributed by atoms with Crippen molar-refractivity contribution < 1.29 is 5.11 Å². The molecule has 0 amide bonds. The van der Waals surface area contributed by atoms with Crippen LogP contribution in [0.2, 0.25) is 0 Å². The Labute approximate surface area is 65.3 Å². The Morgan fingerprint density at radius 1 is 1.56 bits per heavy atom. The Morgan fingerprint density at radius 3 is 2.44 bits per heavy atom. The molecule has 0 aromatic carbocycles. The lowest BCUT2D eigenvalue weighted by atomic mass is 10.5. The van der Waals surface area contributed by atoms with Crippen molar-refractivity contribution in [2.75, 3.05) is 0 Å². The van der Waals surface area contributed by atoms with Gasteiger partial charge in [-0.2, -0.15) is 0 Å². The number of hydrogen-bond donors (Lipinski definition) is 2. The van der Waals surface area contributed by atoms with Crippen LogP contribution < -0.4 is 0 Å². The Bertz CT molecular complexity index is 131. The molecule has 54 valence electrons.